The number of nitrogens with one attached hydrogen (secondary N) is 2. The molecule has 0 radical (unpaired) electrons. The van der Waals surface area contributed by atoms with E-state index in [4.69, 9.17) is 4.74 Å². The summed E-state index contributed by atoms with van der Waals surface area (Å²) in [6.07, 6.45) is 2.85. The van der Waals surface area contributed by atoms with Crippen LogP contribution in [0.25, 0.3) is 0 Å². The number of carbonyl (C=O) groups excluding carboxylic acids is 3. The molecule has 2 atom stereocenters. The quantitative estimate of drug-likeness (QED) is 0.802. The van der Waals surface area contributed by atoms with Crippen LogP contribution in [0.1, 0.15) is 32.1 Å². The van der Waals surface area contributed by atoms with Crippen molar-refractivity contribution in [2.75, 3.05) is 12.0 Å². The van der Waals surface area contributed by atoms with Crippen molar-refractivity contribution in [2.24, 2.45) is 0 Å². The Labute approximate surface area is 140 Å². The van der Waals surface area contributed by atoms with Crippen LogP contribution >= 0.6 is 0 Å². The van der Waals surface area contributed by atoms with Crippen LogP contribution in [0.3, 0.4) is 0 Å². The molecule has 0 aromatic heterocycles. The summed E-state index contributed by atoms with van der Waals surface area (Å²) in [5.74, 6) is 0.105. The van der Waals surface area contributed by atoms with Gasteiger partial charge in [-0.25, -0.2) is 4.90 Å². The number of rotatable bonds is 4. The third-order valence-electron chi connectivity index (χ3n) is 4.36. The van der Waals surface area contributed by atoms with Crippen LogP contribution in [0.15, 0.2) is 24.3 Å². The third kappa shape index (κ3) is 3.41. The van der Waals surface area contributed by atoms with Crippen LogP contribution in [0.2, 0.25) is 0 Å². The zero-order valence-electron chi connectivity index (χ0n) is 13.6. The second-order valence-electron chi connectivity index (χ2n) is 6.05. The highest BCUT2D eigenvalue weighted by Crippen LogP contribution is 2.25. The molecular formula is C17H21N3O4. The van der Waals surface area contributed by atoms with E-state index < -0.39 is 6.04 Å². The van der Waals surface area contributed by atoms with Gasteiger partial charge in [-0.15, -0.1) is 0 Å². The Morgan fingerprint density at radius 2 is 1.92 bits per heavy atom. The molecule has 0 spiro atoms. The maximum absolute atomic E-state index is 12.6. The first-order valence-electron chi connectivity index (χ1n) is 8.15. The van der Waals surface area contributed by atoms with Gasteiger partial charge in [-0.3, -0.25) is 19.7 Å². The van der Waals surface area contributed by atoms with Crippen LogP contribution in [0.4, 0.5) is 5.69 Å². The lowest BCUT2D eigenvalue weighted by Crippen LogP contribution is -2.51. The van der Waals surface area contributed by atoms with Gasteiger partial charge in [0.25, 0.3) is 5.91 Å². The number of amides is 3. The summed E-state index contributed by atoms with van der Waals surface area (Å²) < 4.78 is 5.09. The Balaban J connectivity index is 1.70. The van der Waals surface area contributed by atoms with Gasteiger partial charge >= 0.3 is 0 Å². The Morgan fingerprint density at radius 1 is 1.17 bits per heavy atom. The van der Waals surface area contributed by atoms with E-state index >= 15 is 0 Å². The molecule has 2 unspecified atom stereocenters. The van der Waals surface area contributed by atoms with Crippen molar-refractivity contribution in [2.45, 2.75) is 44.3 Å². The molecular weight excluding hydrogens is 310 g/mol. The normalized spacial score (nSPS) is 24.7. The van der Waals surface area contributed by atoms with E-state index in [1.165, 1.54) is 4.90 Å². The Bertz CT molecular complexity index is 644. The molecule has 0 bridgehead atoms. The van der Waals surface area contributed by atoms with Gasteiger partial charge in [0.15, 0.2) is 0 Å². The molecule has 2 fully saturated rings. The van der Waals surface area contributed by atoms with Gasteiger partial charge in [-0.1, -0.05) is 0 Å². The summed E-state index contributed by atoms with van der Waals surface area (Å²) in [6.45, 7) is 0. The van der Waals surface area contributed by atoms with Crippen molar-refractivity contribution in [1.82, 2.24) is 10.6 Å². The second-order valence-corrected chi connectivity index (χ2v) is 6.05. The summed E-state index contributed by atoms with van der Waals surface area (Å²) in [5, 5.41) is 5.98. The number of imide groups is 1. The minimum atomic E-state index is -0.608. The maximum Gasteiger partial charge on any atom is 0.251 e. The molecule has 3 rings (SSSR count). The fraction of sp³-hybridized carbons (Fsp3) is 0.471. The molecule has 2 N–H and O–H groups in total. The van der Waals surface area contributed by atoms with Crippen molar-refractivity contribution in [1.29, 1.82) is 0 Å². The highest BCUT2D eigenvalue weighted by molar-refractivity contribution is 6.22. The van der Waals surface area contributed by atoms with E-state index in [-0.39, 0.29) is 30.3 Å². The molecule has 1 aromatic rings. The Kier molecular flexibility index (Phi) is 4.80. The number of hydrogen-bond acceptors (Lipinski definition) is 5. The fourth-order valence-corrected chi connectivity index (χ4v) is 3.11. The third-order valence-corrected chi connectivity index (χ3v) is 4.36. The summed E-state index contributed by atoms with van der Waals surface area (Å²) in [5.41, 5.74) is 0.528. The zero-order chi connectivity index (χ0) is 17.1. The Hall–Kier alpha value is -2.41. The topological polar surface area (TPSA) is 87.7 Å². The van der Waals surface area contributed by atoms with Crippen LogP contribution in [0.5, 0.6) is 5.75 Å². The minimum absolute atomic E-state index is 0.0196. The summed E-state index contributed by atoms with van der Waals surface area (Å²) in [7, 11) is 1.56. The van der Waals surface area contributed by atoms with Gasteiger partial charge in [-0.2, -0.15) is 0 Å². The van der Waals surface area contributed by atoms with E-state index in [1.807, 2.05) is 0 Å². The van der Waals surface area contributed by atoms with Crippen molar-refractivity contribution < 1.29 is 19.1 Å². The molecule has 24 heavy (non-hydrogen) atoms. The summed E-state index contributed by atoms with van der Waals surface area (Å²) >= 11 is 0. The molecule has 3 amide bonds. The van der Waals surface area contributed by atoms with Crippen molar-refractivity contribution >= 4 is 23.4 Å². The number of nitrogens with zero attached hydrogens (tertiary/aromatic N) is 1. The average molecular weight is 331 g/mol. The SMILES string of the molecule is COc1ccc(N2C(=O)CC(NC3CCCCC(=O)N3)C2=O)cc1. The zero-order valence-corrected chi connectivity index (χ0v) is 13.6. The second kappa shape index (κ2) is 7.00. The molecule has 1 aromatic carbocycles. The molecule has 128 valence electrons. The molecule has 2 aliphatic heterocycles. The number of benzene rings is 1. The molecule has 2 saturated heterocycles. The summed E-state index contributed by atoms with van der Waals surface area (Å²) in [6, 6.07) is 6.18. The standard InChI is InChI=1S/C17H21N3O4/c1-24-12-8-6-11(7-9-12)20-16(22)10-13(17(20)23)18-14-4-2-3-5-15(21)19-14/h6-9,13-14,18H,2-5,10H2,1H3,(H,19,21). The van der Waals surface area contributed by atoms with Crippen molar-refractivity contribution in [3.63, 3.8) is 0 Å². The van der Waals surface area contributed by atoms with E-state index in [0.29, 0.717) is 17.9 Å². The molecule has 7 nitrogen and oxygen atoms in total. The Morgan fingerprint density at radius 3 is 2.62 bits per heavy atom. The first-order chi connectivity index (χ1) is 11.6. The van der Waals surface area contributed by atoms with Gasteiger partial charge in [0, 0.05) is 6.42 Å². The average Bonchev–Trinajstić information content (AvgIpc) is 2.73. The summed E-state index contributed by atoms with van der Waals surface area (Å²) in [4.78, 5) is 37.7. The molecule has 2 heterocycles. The fourth-order valence-electron chi connectivity index (χ4n) is 3.11. The lowest BCUT2D eigenvalue weighted by Gasteiger charge is -2.21. The lowest BCUT2D eigenvalue weighted by molar-refractivity contribution is -0.123. The van der Waals surface area contributed by atoms with E-state index in [0.717, 1.165) is 19.3 Å². The maximum atomic E-state index is 12.6. The molecule has 0 aliphatic carbocycles. The number of hydrogen-bond donors (Lipinski definition) is 2. The van der Waals surface area contributed by atoms with Gasteiger partial charge in [0.1, 0.15) is 5.75 Å². The van der Waals surface area contributed by atoms with Crippen LogP contribution in [0, 0.1) is 0 Å². The van der Waals surface area contributed by atoms with E-state index in [9.17, 15) is 14.4 Å². The number of carbonyl (C=O) groups is 3. The largest absolute Gasteiger partial charge is 0.497 e. The lowest BCUT2D eigenvalue weighted by atomic mass is 10.2. The minimum Gasteiger partial charge on any atom is -0.497 e. The van der Waals surface area contributed by atoms with Crippen LogP contribution in [-0.2, 0) is 14.4 Å². The van der Waals surface area contributed by atoms with Crippen molar-refractivity contribution in [3.05, 3.63) is 24.3 Å². The first-order valence-corrected chi connectivity index (χ1v) is 8.15. The van der Waals surface area contributed by atoms with Gasteiger partial charge in [0.05, 0.1) is 31.4 Å². The van der Waals surface area contributed by atoms with Crippen molar-refractivity contribution in [3.8, 4) is 5.75 Å². The number of anilines is 1. The molecule has 2 aliphatic rings. The predicted octanol–water partition coefficient (Wildman–Crippen LogP) is 0.933. The first kappa shape index (κ1) is 16.4. The molecule has 7 heteroatoms. The van der Waals surface area contributed by atoms with Crippen LogP contribution < -0.4 is 20.3 Å². The van der Waals surface area contributed by atoms with E-state index in [2.05, 4.69) is 10.6 Å². The monoisotopic (exact) mass is 331 g/mol. The van der Waals surface area contributed by atoms with Gasteiger partial charge in [-0.05, 0) is 43.5 Å². The number of ether oxygens (including phenoxy) is 1. The highest BCUT2D eigenvalue weighted by atomic mass is 16.5. The number of methoxy groups -OCH3 is 1. The van der Waals surface area contributed by atoms with Crippen LogP contribution in [-0.4, -0.2) is 37.0 Å². The van der Waals surface area contributed by atoms with Gasteiger partial charge in [0.2, 0.25) is 11.8 Å². The van der Waals surface area contributed by atoms with E-state index in [1.54, 1.807) is 31.4 Å². The van der Waals surface area contributed by atoms with Gasteiger partial charge < -0.3 is 10.1 Å². The predicted molar refractivity (Wildman–Crippen MR) is 87.4 cm³/mol. The smallest absolute Gasteiger partial charge is 0.251 e. The molecule has 0 saturated carbocycles. The highest BCUT2D eigenvalue weighted by Gasteiger charge is 2.40.